The van der Waals surface area contributed by atoms with Crippen LogP contribution >= 0.6 is 24.0 Å². The third-order valence-electron chi connectivity index (χ3n) is 6.23. The molecule has 1 aromatic carbocycles. The average molecular weight is 512 g/mol. The largest absolute Gasteiger partial charge is 0.357 e. The number of nitrogens with one attached hydrogen (secondary N) is 1. The fourth-order valence-electron chi connectivity index (χ4n) is 4.66. The van der Waals surface area contributed by atoms with E-state index >= 15 is 0 Å². The van der Waals surface area contributed by atoms with Crippen molar-refractivity contribution in [3.05, 3.63) is 35.4 Å². The maximum atomic E-state index is 12.2. The fourth-order valence-corrected chi connectivity index (χ4v) is 4.66. The molecular weight excluding hydrogens is 475 g/mol. The first-order valence-corrected chi connectivity index (χ1v) is 10.9. The van der Waals surface area contributed by atoms with Crippen molar-refractivity contribution in [2.45, 2.75) is 51.9 Å². The second-order valence-corrected chi connectivity index (χ2v) is 8.62. The molecule has 1 amide bonds. The molecule has 3 rings (SSSR count). The first-order valence-electron chi connectivity index (χ1n) is 10.9. The van der Waals surface area contributed by atoms with Gasteiger partial charge in [-0.15, -0.1) is 24.0 Å². The van der Waals surface area contributed by atoms with Crippen molar-refractivity contribution >= 4 is 35.8 Å². The normalized spacial score (nSPS) is 18.4. The Morgan fingerprint density at radius 1 is 1.21 bits per heavy atom. The molecule has 0 bridgehead atoms. The Morgan fingerprint density at radius 3 is 2.66 bits per heavy atom. The van der Waals surface area contributed by atoms with Crippen molar-refractivity contribution in [2.75, 3.05) is 40.3 Å². The minimum Gasteiger partial charge on any atom is -0.357 e. The van der Waals surface area contributed by atoms with E-state index < -0.39 is 0 Å². The number of nitrogens with zero attached hydrogens (tertiary/aromatic N) is 3. The third kappa shape index (κ3) is 6.33. The van der Waals surface area contributed by atoms with Crippen LogP contribution in [-0.2, 0) is 6.42 Å². The Balaban J connectivity index is 0.00000300. The molecule has 5 nitrogen and oxygen atoms in total. The smallest absolute Gasteiger partial charge is 0.253 e. The molecule has 1 saturated carbocycles. The molecule has 1 N–H and O–H groups in total. The van der Waals surface area contributed by atoms with E-state index in [0.29, 0.717) is 5.41 Å². The second kappa shape index (κ2) is 11.2. The number of amides is 1. The summed E-state index contributed by atoms with van der Waals surface area (Å²) < 4.78 is 0. The van der Waals surface area contributed by atoms with Crippen LogP contribution in [0.25, 0.3) is 0 Å². The highest BCUT2D eigenvalue weighted by atomic mass is 127. The highest BCUT2D eigenvalue weighted by Crippen LogP contribution is 2.43. The molecule has 1 aliphatic carbocycles. The van der Waals surface area contributed by atoms with Gasteiger partial charge in [-0.1, -0.05) is 31.4 Å². The zero-order valence-corrected chi connectivity index (χ0v) is 20.6. The summed E-state index contributed by atoms with van der Waals surface area (Å²) in [7, 11) is 3.58. The van der Waals surface area contributed by atoms with Gasteiger partial charge in [0.2, 0.25) is 0 Å². The van der Waals surface area contributed by atoms with Gasteiger partial charge in [-0.25, -0.2) is 0 Å². The maximum Gasteiger partial charge on any atom is 0.253 e. The number of guanidine groups is 1. The molecule has 6 heteroatoms. The van der Waals surface area contributed by atoms with E-state index in [2.05, 4.69) is 23.2 Å². The molecule has 1 aromatic rings. The lowest BCUT2D eigenvalue weighted by atomic mass is 9.73. The van der Waals surface area contributed by atoms with Gasteiger partial charge in [0.25, 0.3) is 5.91 Å². The van der Waals surface area contributed by atoms with Crippen molar-refractivity contribution in [3.63, 3.8) is 0 Å². The average Bonchev–Trinajstić information content (AvgIpc) is 3.10. The van der Waals surface area contributed by atoms with Crippen LogP contribution in [0.4, 0.5) is 0 Å². The van der Waals surface area contributed by atoms with Crippen LogP contribution < -0.4 is 5.32 Å². The van der Waals surface area contributed by atoms with E-state index in [4.69, 9.17) is 4.99 Å². The minimum absolute atomic E-state index is 0. The predicted octanol–water partition coefficient (Wildman–Crippen LogP) is 4.17. The third-order valence-corrected chi connectivity index (χ3v) is 6.23. The summed E-state index contributed by atoms with van der Waals surface area (Å²) in [6.07, 6.45) is 9.12. The Bertz CT molecular complexity index is 698. The van der Waals surface area contributed by atoms with Crippen molar-refractivity contribution in [1.29, 1.82) is 0 Å². The summed E-state index contributed by atoms with van der Waals surface area (Å²) >= 11 is 0. The van der Waals surface area contributed by atoms with Gasteiger partial charge < -0.3 is 15.1 Å². The van der Waals surface area contributed by atoms with Gasteiger partial charge >= 0.3 is 0 Å². The molecule has 29 heavy (non-hydrogen) atoms. The number of aliphatic imine (C=N–C) groups is 1. The Hall–Kier alpha value is -1.31. The Morgan fingerprint density at radius 2 is 1.97 bits per heavy atom. The van der Waals surface area contributed by atoms with Crippen LogP contribution in [-0.4, -0.2) is 61.9 Å². The number of likely N-dealkylation sites (tertiary alicyclic amines) is 1. The van der Waals surface area contributed by atoms with Crippen LogP contribution in [0, 0.1) is 5.41 Å². The van der Waals surface area contributed by atoms with Gasteiger partial charge in [0, 0.05) is 45.8 Å². The standard InChI is InChI=1S/C23H36N4O.HI/c1-4-24-22(27-16-14-23(18-27)12-6-5-7-13-23)25-15-11-19-9-8-10-20(17-19)21(28)26(2)3;/h8-10,17H,4-7,11-16,18H2,1-3H3,(H,24,25);1H. The van der Waals surface area contributed by atoms with Crippen LogP contribution in [0.2, 0.25) is 0 Å². The highest BCUT2D eigenvalue weighted by Gasteiger charge is 2.39. The Kier molecular flexibility index (Phi) is 9.24. The molecule has 1 spiro atoms. The fraction of sp³-hybridized carbons (Fsp3) is 0.652. The van der Waals surface area contributed by atoms with Gasteiger partial charge in [-0.2, -0.15) is 0 Å². The lowest BCUT2D eigenvalue weighted by molar-refractivity contribution is 0.0827. The second-order valence-electron chi connectivity index (χ2n) is 8.62. The summed E-state index contributed by atoms with van der Waals surface area (Å²) in [5.41, 5.74) is 2.45. The van der Waals surface area contributed by atoms with Gasteiger partial charge in [0.1, 0.15) is 0 Å². The molecule has 0 atom stereocenters. The van der Waals surface area contributed by atoms with Gasteiger partial charge in [-0.05, 0) is 55.7 Å². The van der Waals surface area contributed by atoms with Crippen LogP contribution in [0.5, 0.6) is 0 Å². The van der Waals surface area contributed by atoms with Crippen molar-refractivity contribution in [2.24, 2.45) is 10.4 Å². The van der Waals surface area contributed by atoms with E-state index in [0.717, 1.165) is 49.7 Å². The van der Waals surface area contributed by atoms with Crippen LogP contribution in [0.3, 0.4) is 0 Å². The molecule has 1 heterocycles. The lowest BCUT2D eigenvalue weighted by Crippen LogP contribution is -2.41. The van der Waals surface area contributed by atoms with E-state index in [9.17, 15) is 4.79 Å². The van der Waals surface area contributed by atoms with E-state index in [1.54, 1.807) is 19.0 Å². The molecule has 162 valence electrons. The van der Waals surface area contributed by atoms with Gasteiger partial charge in [0.05, 0.1) is 0 Å². The number of benzene rings is 1. The van der Waals surface area contributed by atoms with Crippen molar-refractivity contribution in [1.82, 2.24) is 15.1 Å². The SMILES string of the molecule is CCNC(=NCCc1cccc(C(=O)N(C)C)c1)N1CCC2(CCCCC2)C1.I. The first kappa shape index (κ1) is 24.0. The first-order chi connectivity index (χ1) is 13.5. The molecule has 2 fully saturated rings. The molecule has 0 unspecified atom stereocenters. The number of carbonyl (C=O) groups is 1. The minimum atomic E-state index is 0. The summed E-state index contributed by atoms with van der Waals surface area (Å²) in [5.74, 6) is 1.11. The molecule has 0 aromatic heterocycles. The lowest BCUT2D eigenvalue weighted by Gasteiger charge is -2.33. The van der Waals surface area contributed by atoms with Crippen LogP contribution in [0.15, 0.2) is 29.3 Å². The van der Waals surface area contributed by atoms with E-state index in [-0.39, 0.29) is 29.9 Å². The summed E-state index contributed by atoms with van der Waals surface area (Å²) in [5, 5.41) is 3.49. The number of halogens is 1. The number of carbonyl (C=O) groups excluding carboxylic acids is 1. The molecule has 1 saturated heterocycles. The molecule has 2 aliphatic rings. The van der Waals surface area contributed by atoms with E-state index in [1.165, 1.54) is 38.5 Å². The predicted molar refractivity (Wildman–Crippen MR) is 131 cm³/mol. The number of hydrogen-bond acceptors (Lipinski definition) is 2. The molecular formula is C23H37IN4O. The topological polar surface area (TPSA) is 47.9 Å². The molecule has 1 aliphatic heterocycles. The highest BCUT2D eigenvalue weighted by molar-refractivity contribution is 14.0. The van der Waals surface area contributed by atoms with Gasteiger partial charge in [0.15, 0.2) is 5.96 Å². The van der Waals surface area contributed by atoms with Crippen LogP contribution in [0.1, 0.15) is 61.4 Å². The summed E-state index contributed by atoms with van der Waals surface area (Å²) in [6.45, 7) is 6.06. The van der Waals surface area contributed by atoms with E-state index in [1.807, 2.05) is 18.2 Å². The summed E-state index contributed by atoms with van der Waals surface area (Å²) in [6, 6.07) is 7.93. The monoisotopic (exact) mass is 512 g/mol. The number of hydrogen-bond donors (Lipinski definition) is 1. The maximum absolute atomic E-state index is 12.2. The molecule has 0 radical (unpaired) electrons. The summed E-state index contributed by atoms with van der Waals surface area (Å²) in [4.78, 5) is 21.2. The van der Waals surface area contributed by atoms with Crippen molar-refractivity contribution < 1.29 is 4.79 Å². The Labute approximate surface area is 193 Å². The quantitative estimate of drug-likeness (QED) is 0.366. The number of rotatable bonds is 5. The van der Waals surface area contributed by atoms with Gasteiger partial charge in [-0.3, -0.25) is 9.79 Å². The zero-order chi connectivity index (χ0) is 20.0. The zero-order valence-electron chi connectivity index (χ0n) is 18.2. The van der Waals surface area contributed by atoms with Crippen molar-refractivity contribution in [3.8, 4) is 0 Å².